The van der Waals surface area contributed by atoms with Crippen LogP contribution >= 0.6 is 12.4 Å². The molecular formula is C16H24ClN3O3S. The highest BCUT2D eigenvalue weighted by molar-refractivity contribution is 7.92. The van der Waals surface area contributed by atoms with Gasteiger partial charge in [-0.05, 0) is 56.5 Å². The van der Waals surface area contributed by atoms with Crippen molar-refractivity contribution in [3.63, 3.8) is 0 Å². The molecule has 3 rings (SSSR count). The molecule has 1 unspecified atom stereocenters. The molecular weight excluding hydrogens is 350 g/mol. The zero-order valence-corrected chi connectivity index (χ0v) is 15.5. The maximum absolute atomic E-state index is 12.4. The smallest absolute Gasteiger partial charge is 0.251 e. The van der Waals surface area contributed by atoms with Crippen LogP contribution in [-0.4, -0.2) is 45.8 Å². The van der Waals surface area contributed by atoms with Crippen LogP contribution in [0.1, 0.15) is 35.7 Å². The molecule has 0 bridgehead atoms. The fourth-order valence-corrected chi connectivity index (χ4v) is 4.76. The lowest BCUT2D eigenvalue weighted by atomic mass is 10.0. The van der Waals surface area contributed by atoms with E-state index in [1.54, 1.807) is 12.1 Å². The Kier molecular flexibility index (Phi) is 5.78. The van der Waals surface area contributed by atoms with Crippen molar-refractivity contribution in [2.24, 2.45) is 0 Å². The lowest BCUT2D eigenvalue weighted by molar-refractivity contribution is 0.0930. The lowest BCUT2D eigenvalue weighted by Gasteiger charge is -2.24. The van der Waals surface area contributed by atoms with Gasteiger partial charge in [0.1, 0.15) is 0 Å². The number of hydrogen-bond acceptors (Lipinski definition) is 4. The predicted octanol–water partition coefficient (Wildman–Crippen LogP) is 1.30. The normalized spacial score (nSPS) is 23.3. The molecule has 0 spiro atoms. The van der Waals surface area contributed by atoms with Crippen LogP contribution < -0.4 is 14.9 Å². The first kappa shape index (κ1) is 19.0. The van der Waals surface area contributed by atoms with Crippen LogP contribution in [0.3, 0.4) is 0 Å². The number of fused-ring (bicyclic) bond motifs is 1. The van der Waals surface area contributed by atoms with Crippen LogP contribution in [-0.2, 0) is 16.4 Å². The number of benzene rings is 1. The molecule has 2 N–H and O–H groups in total. The Bertz CT molecular complexity index is 717. The molecule has 0 aromatic heterocycles. The van der Waals surface area contributed by atoms with E-state index in [0.717, 1.165) is 31.5 Å². The van der Waals surface area contributed by atoms with Crippen LogP contribution in [0.4, 0.5) is 5.69 Å². The van der Waals surface area contributed by atoms with Crippen LogP contribution in [0.25, 0.3) is 0 Å². The largest absolute Gasteiger partial charge is 0.348 e. The summed E-state index contributed by atoms with van der Waals surface area (Å²) in [6.45, 7) is 3.69. The second-order valence-electron chi connectivity index (χ2n) is 6.47. The van der Waals surface area contributed by atoms with Gasteiger partial charge in [0, 0.05) is 24.2 Å². The van der Waals surface area contributed by atoms with E-state index in [0.29, 0.717) is 17.7 Å². The van der Waals surface area contributed by atoms with Crippen LogP contribution in [0, 0.1) is 0 Å². The van der Waals surface area contributed by atoms with E-state index in [9.17, 15) is 13.2 Å². The van der Waals surface area contributed by atoms with Gasteiger partial charge in [-0.25, -0.2) is 8.42 Å². The molecule has 2 aliphatic heterocycles. The first-order valence-electron chi connectivity index (χ1n) is 8.00. The highest BCUT2D eigenvalue weighted by atomic mass is 35.5. The van der Waals surface area contributed by atoms with Gasteiger partial charge < -0.3 is 10.6 Å². The summed E-state index contributed by atoms with van der Waals surface area (Å²) in [5.74, 6) is -0.0908. The van der Waals surface area contributed by atoms with Gasteiger partial charge in [-0.2, -0.15) is 0 Å². The Morgan fingerprint density at radius 3 is 2.75 bits per heavy atom. The van der Waals surface area contributed by atoms with Crippen molar-refractivity contribution in [1.82, 2.24) is 10.6 Å². The van der Waals surface area contributed by atoms with E-state index in [2.05, 4.69) is 10.6 Å². The standard InChI is InChI=1S/C16H23N3O3S.ClH/c1-11-8-13-9-12(5-6-15(13)19(11)23(2,21)22)16(20)18-14-4-3-7-17-10-14;/h5-6,9,11,14,17H,3-4,7-8,10H2,1-2H3,(H,18,20);1H/t11?,14-;/m0./s1. The fraction of sp³-hybridized carbons (Fsp3) is 0.562. The number of anilines is 1. The molecule has 2 atom stereocenters. The summed E-state index contributed by atoms with van der Waals surface area (Å²) in [7, 11) is -3.30. The maximum atomic E-state index is 12.4. The van der Waals surface area contributed by atoms with E-state index >= 15 is 0 Å². The van der Waals surface area contributed by atoms with Crippen LogP contribution in [0.5, 0.6) is 0 Å². The molecule has 2 aliphatic rings. The summed E-state index contributed by atoms with van der Waals surface area (Å²) in [5, 5.41) is 6.32. The van der Waals surface area contributed by atoms with Crippen molar-refractivity contribution in [1.29, 1.82) is 0 Å². The second kappa shape index (κ2) is 7.29. The molecule has 1 aromatic carbocycles. The van der Waals surface area contributed by atoms with Crippen molar-refractivity contribution in [3.8, 4) is 0 Å². The molecule has 0 saturated carbocycles. The van der Waals surface area contributed by atoms with Gasteiger partial charge in [-0.15, -0.1) is 12.4 Å². The van der Waals surface area contributed by atoms with Gasteiger partial charge in [-0.1, -0.05) is 0 Å². The first-order chi connectivity index (χ1) is 10.9. The Labute approximate surface area is 149 Å². The highest BCUT2D eigenvalue weighted by Crippen LogP contribution is 2.34. The van der Waals surface area contributed by atoms with Crippen LogP contribution in [0.2, 0.25) is 0 Å². The number of carbonyl (C=O) groups is 1. The van der Waals surface area contributed by atoms with Crippen molar-refractivity contribution in [2.45, 2.75) is 38.3 Å². The Morgan fingerprint density at radius 1 is 1.38 bits per heavy atom. The molecule has 8 heteroatoms. The van der Waals surface area contributed by atoms with Crippen molar-refractivity contribution in [2.75, 3.05) is 23.7 Å². The van der Waals surface area contributed by atoms with Crippen LogP contribution in [0.15, 0.2) is 18.2 Å². The van der Waals surface area contributed by atoms with Crippen molar-refractivity contribution in [3.05, 3.63) is 29.3 Å². The lowest BCUT2D eigenvalue weighted by Crippen LogP contribution is -2.45. The minimum absolute atomic E-state index is 0. The van der Waals surface area contributed by atoms with Gasteiger partial charge in [0.15, 0.2) is 0 Å². The Hall–Kier alpha value is -1.31. The van der Waals surface area contributed by atoms with E-state index < -0.39 is 10.0 Å². The molecule has 1 aromatic rings. The number of piperidine rings is 1. The Balaban J connectivity index is 0.00000208. The number of rotatable bonds is 3. The molecule has 0 aliphatic carbocycles. The van der Waals surface area contributed by atoms with Gasteiger partial charge in [0.2, 0.25) is 10.0 Å². The third-order valence-electron chi connectivity index (χ3n) is 4.48. The summed E-state index contributed by atoms with van der Waals surface area (Å²) in [5.41, 5.74) is 2.20. The van der Waals surface area contributed by atoms with Crippen molar-refractivity contribution >= 4 is 34.0 Å². The van der Waals surface area contributed by atoms with Gasteiger partial charge in [0.25, 0.3) is 5.91 Å². The summed E-state index contributed by atoms with van der Waals surface area (Å²) >= 11 is 0. The Morgan fingerprint density at radius 2 is 2.12 bits per heavy atom. The van der Waals surface area contributed by atoms with E-state index in [-0.39, 0.29) is 30.4 Å². The molecule has 1 saturated heterocycles. The minimum atomic E-state index is -3.30. The average Bonchev–Trinajstić information content (AvgIpc) is 2.82. The maximum Gasteiger partial charge on any atom is 0.251 e. The third-order valence-corrected chi connectivity index (χ3v) is 5.76. The van der Waals surface area contributed by atoms with E-state index in [4.69, 9.17) is 0 Å². The van der Waals surface area contributed by atoms with Crippen molar-refractivity contribution < 1.29 is 13.2 Å². The average molecular weight is 374 g/mol. The molecule has 2 heterocycles. The number of sulfonamides is 1. The van der Waals surface area contributed by atoms with E-state index in [1.807, 2.05) is 13.0 Å². The monoisotopic (exact) mass is 373 g/mol. The summed E-state index contributed by atoms with van der Waals surface area (Å²) in [6.07, 6.45) is 3.91. The zero-order chi connectivity index (χ0) is 16.6. The molecule has 1 amide bonds. The number of halogens is 1. The summed E-state index contributed by atoms with van der Waals surface area (Å²) < 4.78 is 25.3. The number of carbonyl (C=O) groups excluding carboxylic acids is 1. The topological polar surface area (TPSA) is 78.5 Å². The van der Waals surface area contributed by atoms with Gasteiger partial charge >= 0.3 is 0 Å². The number of nitrogens with zero attached hydrogens (tertiary/aromatic N) is 1. The van der Waals surface area contributed by atoms with Gasteiger partial charge in [0.05, 0.1) is 11.9 Å². The predicted molar refractivity (Wildman–Crippen MR) is 97.5 cm³/mol. The first-order valence-corrected chi connectivity index (χ1v) is 9.85. The molecule has 24 heavy (non-hydrogen) atoms. The number of nitrogens with one attached hydrogen (secondary N) is 2. The quantitative estimate of drug-likeness (QED) is 0.837. The van der Waals surface area contributed by atoms with E-state index in [1.165, 1.54) is 10.6 Å². The fourth-order valence-electron chi connectivity index (χ4n) is 3.49. The van der Waals surface area contributed by atoms with Gasteiger partial charge in [-0.3, -0.25) is 9.10 Å². The minimum Gasteiger partial charge on any atom is -0.348 e. The third kappa shape index (κ3) is 3.84. The number of amides is 1. The molecule has 134 valence electrons. The molecule has 0 radical (unpaired) electrons. The zero-order valence-electron chi connectivity index (χ0n) is 13.9. The SMILES string of the molecule is CC1Cc2cc(C(=O)N[C@H]3CCCNC3)ccc2N1S(C)(=O)=O.Cl. The molecule has 6 nitrogen and oxygen atoms in total. The summed E-state index contributed by atoms with van der Waals surface area (Å²) in [4.78, 5) is 12.4. The molecule has 1 fully saturated rings. The second-order valence-corrected chi connectivity index (χ2v) is 8.33. The number of hydrogen-bond donors (Lipinski definition) is 2. The summed E-state index contributed by atoms with van der Waals surface area (Å²) in [6, 6.07) is 5.33. The highest BCUT2D eigenvalue weighted by Gasteiger charge is 2.32.